The molecule has 7 nitrogen and oxygen atoms in total. The Morgan fingerprint density at radius 3 is 2.47 bits per heavy atom. The second-order valence-corrected chi connectivity index (χ2v) is 7.77. The quantitative estimate of drug-likeness (QED) is 0.665. The van der Waals surface area contributed by atoms with Crippen molar-refractivity contribution in [3.63, 3.8) is 0 Å². The summed E-state index contributed by atoms with van der Waals surface area (Å²) in [5.74, 6) is 0.704. The summed E-state index contributed by atoms with van der Waals surface area (Å²) in [6, 6.07) is 20.0. The molecule has 150 valence electrons. The van der Waals surface area contributed by atoms with Crippen molar-refractivity contribution in [2.24, 2.45) is 17.3 Å². The summed E-state index contributed by atoms with van der Waals surface area (Å²) < 4.78 is 1.84. The van der Waals surface area contributed by atoms with E-state index in [0.29, 0.717) is 5.84 Å². The van der Waals surface area contributed by atoms with Gasteiger partial charge in [-0.25, -0.2) is 5.01 Å². The highest BCUT2D eigenvalue weighted by molar-refractivity contribution is 6.19. The average Bonchev–Trinajstić information content (AvgIpc) is 3.34. The number of nitrogen functional groups attached to an aromatic ring is 1. The van der Waals surface area contributed by atoms with Gasteiger partial charge in [0.25, 0.3) is 0 Å². The van der Waals surface area contributed by atoms with Crippen LogP contribution in [0.3, 0.4) is 0 Å². The topological polar surface area (TPSA) is 83.8 Å². The van der Waals surface area contributed by atoms with Crippen molar-refractivity contribution in [1.29, 1.82) is 0 Å². The third-order valence-corrected chi connectivity index (χ3v) is 5.62. The zero-order chi connectivity index (χ0) is 20.9. The van der Waals surface area contributed by atoms with E-state index in [2.05, 4.69) is 40.8 Å². The molecule has 0 spiro atoms. The van der Waals surface area contributed by atoms with E-state index >= 15 is 0 Å². The first-order valence-electron chi connectivity index (χ1n) is 9.84. The molecule has 5 rings (SSSR count). The van der Waals surface area contributed by atoms with E-state index in [-0.39, 0.29) is 0 Å². The van der Waals surface area contributed by atoms with Gasteiger partial charge in [0.1, 0.15) is 5.69 Å². The molecule has 2 aliphatic heterocycles. The fraction of sp³-hybridized carbons (Fsp3) is 0.174. The Morgan fingerprint density at radius 2 is 1.80 bits per heavy atom. The summed E-state index contributed by atoms with van der Waals surface area (Å²) in [5, 5.41) is 16.1. The predicted molar refractivity (Wildman–Crippen MR) is 120 cm³/mol. The molecule has 0 saturated carbocycles. The number of nitrogens with one attached hydrogen (secondary N) is 1. The first-order chi connectivity index (χ1) is 14.5. The minimum atomic E-state index is -0.618. The predicted octanol–water partition coefficient (Wildman–Crippen LogP) is 3.10. The number of hydrogen-bond acceptors (Lipinski definition) is 6. The van der Waals surface area contributed by atoms with Crippen LogP contribution >= 0.6 is 0 Å². The van der Waals surface area contributed by atoms with Crippen LogP contribution in [0.2, 0.25) is 0 Å². The van der Waals surface area contributed by atoms with Crippen LogP contribution in [0.15, 0.2) is 76.4 Å². The second-order valence-electron chi connectivity index (χ2n) is 7.77. The molecule has 3 aromatic rings. The van der Waals surface area contributed by atoms with Gasteiger partial charge < -0.3 is 5.73 Å². The molecule has 2 aromatic carbocycles. The number of anilines is 1. The molecule has 0 amide bonds. The summed E-state index contributed by atoms with van der Waals surface area (Å²) in [4.78, 5) is 0. The molecule has 3 heterocycles. The number of aryl methyl sites for hydroxylation is 2. The summed E-state index contributed by atoms with van der Waals surface area (Å²) in [5.41, 5.74) is 15.2. The SMILES string of the molecule is Cc1cc(C2=NNC3(C)/C(=C/c4ccc(N)cc4)C(c4ccccc4)=NN23)nn1C. The van der Waals surface area contributed by atoms with Crippen LogP contribution in [0.4, 0.5) is 5.69 Å². The lowest BCUT2D eigenvalue weighted by molar-refractivity contribution is 0.255. The van der Waals surface area contributed by atoms with E-state index in [0.717, 1.165) is 39.5 Å². The van der Waals surface area contributed by atoms with Crippen molar-refractivity contribution in [1.82, 2.24) is 20.2 Å². The molecule has 1 atom stereocenters. The molecule has 1 aromatic heterocycles. The minimum Gasteiger partial charge on any atom is -0.399 e. The molecule has 7 heteroatoms. The van der Waals surface area contributed by atoms with E-state index < -0.39 is 5.66 Å². The van der Waals surface area contributed by atoms with Gasteiger partial charge in [-0.05, 0) is 43.7 Å². The van der Waals surface area contributed by atoms with Crippen molar-refractivity contribution in [2.45, 2.75) is 19.5 Å². The van der Waals surface area contributed by atoms with Crippen molar-refractivity contribution >= 4 is 23.3 Å². The lowest BCUT2D eigenvalue weighted by Gasteiger charge is -2.28. The highest BCUT2D eigenvalue weighted by atomic mass is 15.7. The fourth-order valence-corrected chi connectivity index (χ4v) is 3.79. The Bertz CT molecular complexity index is 1180. The zero-order valence-electron chi connectivity index (χ0n) is 17.2. The lowest BCUT2D eigenvalue weighted by atomic mass is 9.92. The number of hydrogen-bond donors (Lipinski definition) is 2. The van der Waals surface area contributed by atoms with Crippen LogP contribution in [-0.4, -0.2) is 32.0 Å². The third kappa shape index (κ3) is 2.78. The molecular weight excluding hydrogens is 374 g/mol. The summed E-state index contributed by atoms with van der Waals surface area (Å²) >= 11 is 0. The van der Waals surface area contributed by atoms with E-state index in [9.17, 15) is 0 Å². The van der Waals surface area contributed by atoms with Gasteiger partial charge in [-0.3, -0.25) is 10.1 Å². The summed E-state index contributed by atoms with van der Waals surface area (Å²) in [6.45, 7) is 4.11. The van der Waals surface area contributed by atoms with Gasteiger partial charge in [-0.1, -0.05) is 42.5 Å². The molecule has 30 heavy (non-hydrogen) atoms. The van der Waals surface area contributed by atoms with Gasteiger partial charge in [0.2, 0.25) is 0 Å². The van der Waals surface area contributed by atoms with Crippen molar-refractivity contribution in [2.75, 3.05) is 5.73 Å². The molecular formula is C23H23N7. The van der Waals surface area contributed by atoms with Gasteiger partial charge in [0.15, 0.2) is 11.5 Å². The monoisotopic (exact) mass is 397 g/mol. The molecule has 0 saturated heterocycles. The maximum absolute atomic E-state index is 5.87. The van der Waals surface area contributed by atoms with Crippen molar-refractivity contribution in [3.05, 3.63) is 88.8 Å². The summed E-state index contributed by atoms with van der Waals surface area (Å²) in [7, 11) is 1.93. The number of amidine groups is 1. The van der Waals surface area contributed by atoms with Crippen molar-refractivity contribution in [3.8, 4) is 0 Å². The van der Waals surface area contributed by atoms with Gasteiger partial charge in [0.05, 0.1) is 5.71 Å². The maximum Gasteiger partial charge on any atom is 0.199 e. The Morgan fingerprint density at radius 1 is 1.07 bits per heavy atom. The Kier molecular flexibility index (Phi) is 3.99. The van der Waals surface area contributed by atoms with Crippen LogP contribution in [0.25, 0.3) is 6.08 Å². The Labute approximate surface area is 175 Å². The lowest BCUT2D eigenvalue weighted by Crippen LogP contribution is -2.47. The first kappa shape index (κ1) is 18.2. The largest absolute Gasteiger partial charge is 0.399 e. The second kappa shape index (κ2) is 6.59. The van der Waals surface area contributed by atoms with Crippen LogP contribution < -0.4 is 11.2 Å². The first-order valence-corrected chi connectivity index (χ1v) is 9.84. The van der Waals surface area contributed by atoms with Crippen LogP contribution in [0.1, 0.15) is 29.4 Å². The number of nitrogens with zero attached hydrogens (tertiary/aromatic N) is 5. The average molecular weight is 397 g/mol. The van der Waals surface area contributed by atoms with Crippen LogP contribution in [0.5, 0.6) is 0 Å². The van der Waals surface area contributed by atoms with E-state index in [1.807, 2.05) is 72.2 Å². The van der Waals surface area contributed by atoms with Crippen LogP contribution in [-0.2, 0) is 7.05 Å². The molecule has 2 aliphatic rings. The van der Waals surface area contributed by atoms with Gasteiger partial charge in [-0.2, -0.15) is 15.3 Å². The highest BCUT2D eigenvalue weighted by Crippen LogP contribution is 2.38. The third-order valence-electron chi connectivity index (χ3n) is 5.62. The Hall–Kier alpha value is -3.87. The molecule has 0 aliphatic carbocycles. The minimum absolute atomic E-state index is 0.618. The molecule has 0 bridgehead atoms. The highest BCUT2D eigenvalue weighted by Gasteiger charge is 2.50. The van der Waals surface area contributed by atoms with Crippen LogP contribution in [0, 0.1) is 6.92 Å². The number of fused-ring (bicyclic) bond motifs is 1. The van der Waals surface area contributed by atoms with Gasteiger partial charge in [0, 0.05) is 29.6 Å². The van der Waals surface area contributed by atoms with E-state index in [1.54, 1.807) is 0 Å². The molecule has 0 radical (unpaired) electrons. The molecule has 0 fully saturated rings. The maximum atomic E-state index is 5.87. The number of rotatable bonds is 3. The molecule has 3 N–H and O–H groups in total. The zero-order valence-corrected chi connectivity index (χ0v) is 17.2. The number of hydrazone groups is 2. The van der Waals surface area contributed by atoms with E-state index in [1.165, 1.54) is 0 Å². The van der Waals surface area contributed by atoms with Gasteiger partial charge in [-0.15, -0.1) is 0 Å². The van der Waals surface area contributed by atoms with E-state index in [4.69, 9.17) is 10.8 Å². The number of aromatic nitrogens is 2. The Balaban J connectivity index is 1.64. The van der Waals surface area contributed by atoms with Crippen molar-refractivity contribution < 1.29 is 0 Å². The standard InChI is InChI=1S/C23H23N7/c1-15-13-20(26-29(15)3)22-25-28-23(2)19(14-16-9-11-18(24)12-10-16)21(27-30(22)23)17-7-5-4-6-8-17/h4-14,28H,24H2,1-3H3/b19-14+. The van der Waals surface area contributed by atoms with Gasteiger partial charge >= 0.3 is 0 Å². The molecule has 1 unspecified atom stereocenters. The number of nitrogens with two attached hydrogens (primary N) is 1. The summed E-state index contributed by atoms with van der Waals surface area (Å²) in [6.07, 6.45) is 2.14. The smallest absolute Gasteiger partial charge is 0.199 e. The normalized spacial score (nSPS) is 21.4. The number of benzene rings is 2. The fourth-order valence-electron chi connectivity index (χ4n) is 3.79.